The van der Waals surface area contributed by atoms with Crippen LogP contribution < -0.4 is 15.2 Å². The van der Waals surface area contributed by atoms with Crippen LogP contribution in [0.2, 0.25) is 0 Å². The number of methoxy groups -OCH3 is 2. The number of hydrogen-bond acceptors (Lipinski definition) is 5. The molecule has 0 fully saturated rings. The monoisotopic (exact) mass is 257 g/mol. The number of hydrogen-bond donors (Lipinski definition) is 3. The van der Waals surface area contributed by atoms with Crippen LogP contribution in [0.3, 0.4) is 0 Å². The maximum Gasteiger partial charge on any atom is 0.300 e. The van der Waals surface area contributed by atoms with Crippen LogP contribution in [0.4, 0.5) is 0 Å². The second-order valence-electron chi connectivity index (χ2n) is 3.38. The first-order valence-corrected chi connectivity index (χ1v) is 5.25. The number of nitrogens with two attached hydrogens (primary N) is 1. The van der Waals surface area contributed by atoms with Gasteiger partial charge in [-0.25, -0.2) is 0 Å². The molecular weight excluding hydrogens is 238 g/mol. The van der Waals surface area contributed by atoms with Crippen molar-refractivity contribution in [3.05, 3.63) is 23.8 Å². The summed E-state index contributed by atoms with van der Waals surface area (Å²) in [5.74, 6) is 0.401. The second-order valence-corrected chi connectivity index (χ2v) is 3.38. The van der Waals surface area contributed by atoms with Gasteiger partial charge in [0.15, 0.2) is 11.5 Å². The topological polar surface area (TPSA) is 102 Å². The van der Waals surface area contributed by atoms with Gasteiger partial charge in [-0.3, -0.25) is 4.79 Å². The van der Waals surface area contributed by atoms with Gasteiger partial charge in [0.1, 0.15) is 0 Å². The van der Waals surface area contributed by atoms with E-state index in [1.54, 1.807) is 32.4 Å². The van der Waals surface area contributed by atoms with Crippen LogP contribution in [-0.2, 0) is 4.79 Å². The highest BCUT2D eigenvalue weighted by atomic mass is 16.5. The quantitative estimate of drug-likeness (QED) is 0.737. The van der Waals surface area contributed by atoms with Gasteiger partial charge in [-0.1, -0.05) is 6.07 Å². The molecule has 0 heterocycles. The Morgan fingerprint density at radius 1 is 1.33 bits per heavy atom. The maximum absolute atomic E-state index is 9.49. The Kier molecular flexibility index (Phi) is 7.50. The van der Waals surface area contributed by atoms with Gasteiger partial charge in [0.05, 0.1) is 20.3 Å². The summed E-state index contributed by atoms with van der Waals surface area (Å²) in [5, 5.41) is 16.9. The Balaban J connectivity index is 0.000000631. The molecule has 0 saturated carbocycles. The average Bonchev–Trinajstić information content (AvgIpc) is 2.36. The Labute approximate surface area is 106 Å². The van der Waals surface area contributed by atoms with Crippen molar-refractivity contribution < 1.29 is 24.5 Å². The highest BCUT2D eigenvalue weighted by molar-refractivity contribution is 5.62. The predicted molar refractivity (Wildman–Crippen MR) is 66.9 cm³/mol. The van der Waals surface area contributed by atoms with E-state index in [9.17, 15) is 5.11 Å². The summed E-state index contributed by atoms with van der Waals surface area (Å²) in [6.45, 7) is 1.27. The fourth-order valence-electron chi connectivity index (χ4n) is 1.20. The molecule has 6 nitrogen and oxygen atoms in total. The van der Waals surface area contributed by atoms with Crippen LogP contribution in [0.5, 0.6) is 11.5 Å². The van der Waals surface area contributed by atoms with E-state index in [4.69, 9.17) is 25.1 Å². The minimum atomic E-state index is -0.833. The summed E-state index contributed by atoms with van der Waals surface area (Å²) in [6, 6.07) is 5.22. The van der Waals surface area contributed by atoms with Crippen LogP contribution in [0.25, 0.3) is 0 Å². The molecule has 0 aliphatic heterocycles. The fourth-order valence-corrected chi connectivity index (χ4v) is 1.20. The molecule has 0 aliphatic carbocycles. The summed E-state index contributed by atoms with van der Waals surface area (Å²) in [6.07, 6.45) is -0.658. The Morgan fingerprint density at radius 2 is 1.83 bits per heavy atom. The average molecular weight is 257 g/mol. The summed E-state index contributed by atoms with van der Waals surface area (Å²) in [5.41, 5.74) is 6.07. The first-order valence-electron chi connectivity index (χ1n) is 5.25. The SMILES string of the molecule is CC(=O)O.COc1ccc([C@H](O)CN)cc1OC. The van der Waals surface area contributed by atoms with Gasteiger partial charge in [0.25, 0.3) is 5.97 Å². The van der Waals surface area contributed by atoms with Crippen molar-refractivity contribution >= 4 is 5.97 Å². The van der Waals surface area contributed by atoms with Gasteiger partial charge in [0, 0.05) is 13.5 Å². The number of rotatable bonds is 4. The summed E-state index contributed by atoms with van der Waals surface area (Å²) >= 11 is 0. The Morgan fingerprint density at radius 3 is 2.22 bits per heavy atom. The van der Waals surface area contributed by atoms with Crippen molar-refractivity contribution in [1.29, 1.82) is 0 Å². The number of aliphatic hydroxyl groups excluding tert-OH is 1. The van der Waals surface area contributed by atoms with Gasteiger partial charge < -0.3 is 25.4 Å². The number of carboxylic acids is 1. The summed E-state index contributed by atoms with van der Waals surface area (Å²) in [7, 11) is 3.12. The molecule has 0 spiro atoms. The van der Waals surface area contributed by atoms with Crippen molar-refractivity contribution in [3.8, 4) is 11.5 Å². The lowest BCUT2D eigenvalue weighted by atomic mass is 10.1. The number of ether oxygens (including phenoxy) is 2. The van der Waals surface area contributed by atoms with Gasteiger partial charge in [-0.05, 0) is 17.7 Å². The molecule has 0 aliphatic rings. The lowest BCUT2D eigenvalue weighted by Gasteiger charge is -2.12. The van der Waals surface area contributed by atoms with E-state index in [1.165, 1.54) is 0 Å². The lowest BCUT2D eigenvalue weighted by Crippen LogP contribution is -2.11. The summed E-state index contributed by atoms with van der Waals surface area (Å²) < 4.78 is 10.2. The zero-order valence-corrected chi connectivity index (χ0v) is 10.7. The third kappa shape index (κ3) is 5.51. The van der Waals surface area contributed by atoms with Gasteiger partial charge in [-0.15, -0.1) is 0 Å². The Hall–Kier alpha value is -1.79. The summed E-state index contributed by atoms with van der Waals surface area (Å²) in [4.78, 5) is 9.00. The van der Waals surface area contributed by atoms with Gasteiger partial charge in [-0.2, -0.15) is 0 Å². The molecule has 18 heavy (non-hydrogen) atoms. The van der Waals surface area contributed by atoms with E-state index in [-0.39, 0.29) is 6.54 Å². The normalized spacial score (nSPS) is 10.9. The molecule has 0 unspecified atom stereocenters. The van der Waals surface area contributed by atoms with E-state index in [2.05, 4.69) is 0 Å². The second kappa shape index (κ2) is 8.32. The van der Waals surface area contributed by atoms with Crippen LogP contribution in [0.1, 0.15) is 18.6 Å². The molecule has 0 saturated heterocycles. The third-order valence-corrected chi connectivity index (χ3v) is 2.02. The van der Waals surface area contributed by atoms with E-state index < -0.39 is 12.1 Å². The fraction of sp³-hybridized carbons (Fsp3) is 0.417. The van der Waals surface area contributed by atoms with E-state index in [0.717, 1.165) is 12.5 Å². The van der Waals surface area contributed by atoms with Crippen molar-refractivity contribution in [1.82, 2.24) is 0 Å². The van der Waals surface area contributed by atoms with Crippen molar-refractivity contribution in [2.24, 2.45) is 5.73 Å². The highest BCUT2D eigenvalue weighted by Gasteiger charge is 2.09. The molecule has 0 bridgehead atoms. The lowest BCUT2D eigenvalue weighted by molar-refractivity contribution is -0.134. The van der Waals surface area contributed by atoms with E-state index in [1.807, 2.05) is 0 Å². The van der Waals surface area contributed by atoms with Crippen LogP contribution >= 0.6 is 0 Å². The molecule has 4 N–H and O–H groups in total. The maximum atomic E-state index is 9.49. The molecule has 0 amide bonds. The molecule has 1 atom stereocenters. The molecule has 6 heteroatoms. The first-order chi connectivity index (χ1) is 8.46. The first kappa shape index (κ1) is 16.2. The number of aliphatic carboxylic acids is 1. The van der Waals surface area contributed by atoms with E-state index >= 15 is 0 Å². The zero-order valence-electron chi connectivity index (χ0n) is 10.7. The largest absolute Gasteiger partial charge is 0.493 e. The zero-order chi connectivity index (χ0) is 14.1. The molecule has 0 radical (unpaired) electrons. The minimum absolute atomic E-state index is 0.190. The van der Waals surface area contributed by atoms with Crippen molar-refractivity contribution in [2.45, 2.75) is 13.0 Å². The molecular formula is C12H19NO5. The number of aliphatic hydroxyl groups is 1. The molecule has 0 aromatic heterocycles. The van der Waals surface area contributed by atoms with Crippen LogP contribution in [0, 0.1) is 0 Å². The van der Waals surface area contributed by atoms with Crippen LogP contribution in [-0.4, -0.2) is 36.9 Å². The molecule has 1 rings (SSSR count). The third-order valence-electron chi connectivity index (χ3n) is 2.02. The minimum Gasteiger partial charge on any atom is -0.493 e. The Bertz CT molecular complexity index is 377. The highest BCUT2D eigenvalue weighted by Crippen LogP contribution is 2.29. The number of benzene rings is 1. The van der Waals surface area contributed by atoms with Crippen LogP contribution in [0.15, 0.2) is 18.2 Å². The molecule has 1 aromatic rings. The van der Waals surface area contributed by atoms with Crippen molar-refractivity contribution in [2.75, 3.05) is 20.8 Å². The predicted octanol–water partition coefficient (Wildman–Crippen LogP) is 0.787. The van der Waals surface area contributed by atoms with Crippen molar-refractivity contribution in [3.63, 3.8) is 0 Å². The van der Waals surface area contributed by atoms with Gasteiger partial charge in [0.2, 0.25) is 0 Å². The van der Waals surface area contributed by atoms with E-state index in [0.29, 0.717) is 11.5 Å². The molecule has 1 aromatic carbocycles. The smallest absolute Gasteiger partial charge is 0.300 e. The van der Waals surface area contributed by atoms with Gasteiger partial charge >= 0.3 is 0 Å². The number of carboxylic acid groups (broad SMARTS) is 1. The number of carbonyl (C=O) groups is 1. The molecule has 102 valence electrons. The standard InChI is InChI=1S/C10H15NO3.C2H4O2/c1-13-9-4-3-7(8(12)6-11)5-10(9)14-2;1-2(3)4/h3-5,8,12H,6,11H2,1-2H3;1H3,(H,3,4)/t8-;/m1./s1.